The molecule has 2 aromatic carbocycles. The SMILES string of the molecule is CC(C)COc1ccccc1/C=C1/C(=O)NN(c2ccccc2)C1=O. The molecular formula is C20H20N2O3. The summed E-state index contributed by atoms with van der Waals surface area (Å²) in [7, 11) is 0. The number of hydrazine groups is 1. The molecule has 1 saturated heterocycles. The van der Waals surface area contributed by atoms with Gasteiger partial charge in [-0.2, -0.15) is 0 Å². The Kier molecular flexibility index (Phi) is 4.84. The average Bonchev–Trinajstić information content (AvgIpc) is 2.90. The van der Waals surface area contributed by atoms with E-state index < -0.39 is 5.91 Å². The van der Waals surface area contributed by atoms with Crippen LogP contribution in [-0.2, 0) is 9.59 Å². The molecule has 1 aliphatic heterocycles. The van der Waals surface area contributed by atoms with Gasteiger partial charge in [0.25, 0.3) is 11.8 Å². The van der Waals surface area contributed by atoms with Gasteiger partial charge in [-0.05, 0) is 30.2 Å². The summed E-state index contributed by atoms with van der Waals surface area (Å²) in [5.41, 5.74) is 4.01. The third kappa shape index (κ3) is 3.71. The molecule has 25 heavy (non-hydrogen) atoms. The number of nitrogens with one attached hydrogen (secondary N) is 1. The zero-order valence-electron chi connectivity index (χ0n) is 14.2. The second-order valence-corrected chi connectivity index (χ2v) is 6.22. The van der Waals surface area contributed by atoms with Crippen molar-refractivity contribution in [3.05, 3.63) is 65.7 Å². The van der Waals surface area contributed by atoms with Crippen molar-refractivity contribution < 1.29 is 14.3 Å². The van der Waals surface area contributed by atoms with Crippen molar-refractivity contribution in [3.63, 3.8) is 0 Å². The molecule has 0 aliphatic carbocycles. The first-order chi connectivity index (χ1) is 12.1. The Morgan fingerprint density at radius 2 is 1.72 bits per heavy atom. The number of benzene rings is 2. The molecular weight excluding hydrogens is 316 g/mol. The molecule has 0 atom stereocenters. The predicted molar refractivity (Wildman–Crippen MR) is 96.8 cm³/mol. The molecule has 1 heterocycles. The van der Waals surface area contributed by atoms with Crippen LogP contribution < -0.4 is 15.2 Å². The van der Waals surface area contributed by atoms with E-state index in [0.717, 1.165) is 0 Å². The number of nitrogens with zero attached hydrogens (tertiary/aromatic N) is 1. The summed E-state index contributed by atoms with van der Waals surface area (Å²) >= 11 is 0. The van der Waals surface area contributed by atoms with Crippen LogP contribution in [0.15, 0.2) is 60.2 Å². The molecule has 2 aromatic rings. The number of amides is 2. The fourth-order valence-corrected chi connectivity index (χ4v) is 2.46. The lowest BCUT2D eigenvalue weighted by Crippen LogP contribution is -2.35. The number of rotatable bonds is 5. The van der Waals surface area contributed by atoms with Gasteiger partial charge in [-0.1, -0.05) is 50.2 Å². The fourth-order valence-electron chi connectivity index (χ4n) is 2.46. The number of hydrogen-bond acceptors (Lipinski definition) is 3. The molecule has 0 radical (unpaired) electrons. The van der Waals surface area contributed by atoms with Gasteiger partial charge in [-0.25, -0.2) is 5.01 Å². The minimum absolute atomic E-state index is 0.0875. The molecule has 0 spiro atoms. The highest BCUT2D eigenvalue weighted by Crippen LogP contribution is 2.25. The molecule has 1 fully saturated rings. The van der Waals surface area contributed by atoms with Gasteiger partial charge in [0.2, 0.25) is 0 Å². The number of anilines is 1. The highest BCUT2D eigenvalue weighted by Gasteiger charge is 2.34. The lowest BCUT2D eigenvalue weighted by Gasteiger charge is -2.14. The fraction of sp³-hybridized carbons (Fsp3) is 0.200. The van der Waals surface area contributed by atoms with Crippen LogP contribution >= 0.6 is 0 Å². The monoisotopic (exact) mass is 336 g/mol. The molecule has 5 nitrogen and oxygen atoms in total. The first kappa shape index (κ1) is 16.8. The highest BCUT2D eigenvalue weighted by atomic mass is 16.5. The summed E-state index contributed by atoms with van der Waals surface area (Å²) in [6.45, 7) is 4.69. The summed E-state index contributed by atoms with van der Waals surface area (Å²) < 4.78 is 5.79. The van der Waals surface area contributed by atoms with E-state index in [-0.39, 0.29) is 11.5 Å². The van der Waals surface area contributed by atoms with Gasteiger partial charge in [0.1, 0.15) is 11.3 Å². The largest absolute Gasteiger partial charge is 0.493 e. The Hall–Kier alpha value is -3.08. The predicted octanol–water partition coefficient (Wildman–Crippen LogP) is 3.18. The Morgan fingerprint density at radius 1 is 1.04 bits per heavy atom. The molecule has 1 aliphatic rings. The van der Waals surface area contributed by atoms with Crippen molar-refractivity contribution in [2.45, 2.75) is 13.8 Å². The lowest BCUT2D eigenvalue weighted by molar-refractivity contribution is -0.117. The Balaban J connectivity index is 1.89. The second kappa shape index (κ2) is 7.21. The van der Waals surface area contributed by atoms with Gasteiger partial charge in [-0.15, -0.1) is 0 Å². The van der Waals surface area contributed by atoms with Crippen LogP contribution in [-0.4, -0.2) is 18.4 Å². The number of para-hydroxylation sites is 2. The van der Waals surface area contributed by atoms with Gasteiger partial charge < -0.3 is 4.74 Å². The molecule has 1 N–H and O–H groups in total. The molecule has 128 valence electrons. The quantitative estimate of drug-likeness (QED) is 0.674. The van der Waals surface area contributed by atoms with E-state index in [2.05, 4.69) is 19.3 Å². The first-order valence-corrected chi connectivity index (χ1v) is 8.20. The minimum Gasteiger partial charge on any atom is -0.493 e. The Labute approximate surface area is 146 Å². The van der Waals surface area contributed by atoms with Crippen LogP contribution in [0.25, 0.3) is 6.08 Å². The van der Waals surface area contributed by atoms with Gasteiger partial charge >= 0.3 is 0 Å². The summed E-state index contributed by atoms with van der Waals surface area (Å²) in [6.07, 6.45) is 1.58. The molecule has 0 bridgehead atoms. The number of carbonyl (C=O) groups is 2. The zero-order valence-corrected chi connectivity index (χ0v) is 14.2. The van der Waals surface area contributed by atoms with Crippen LogP contribution in [0.2, 0.25) is 0 Å². The Morgan fingerprint density at radius 3 is 2.44 bits per heavy atom. The smallest absolute Gasteiger partial charge is 0.282 e. The molecule has 0 saturated carbocycles. The highest BCUT2D eigenvalue weighted by molar-refractivity contribution is 6.31. The van der Waals surface area contributed by atoms with Gasteiger partial charge in [0, 0.05) is 5.56 Å². The molecule has 0 unspecified atom stereocenters. The first-order valence-electron chi connectivity index (χ1n) is 8.20. The summed E-state index contributed by atoms with van der Waals surface area (Å²) in [5, 5.41) is 1.26. The maximum absolute atomic E-state index is 12.6. The van der Waals surface area contributed by atoms with Crippen LogP contribution in [0.3, 0.4) is 0 Å². The van der Waals surface area contributed by atoms with E-state index >= 15 is 0 Å². The lowest BCUT2D eigenvalue weighted by atomic mass is 10.1. The normalized spacial score (nSPS) is 15.8. The zero-order chi connectivity index (χ0) is 17.8. The summed E-state index contributed by atoms with van der Waals surface area (Å²) in [4.78, 5) is 24.9. The van der Waals surface area contributed by atoms with Crippen LogP contribution in [0, 0.1) is 5.92 Å². The molecule has 5 heteroatoms. The number of ether oxygens (including phenoxy) is 1. The average molecular weight is 336 g/mol. The van der Waals surface area contributed by atoms with Crippen molar-refractivity contribution in [1.29, 1.82) is 0 Å². The van der Waals surface area contributed by atoms with Gasteiger partial charge in [-0.3, -0.25) is 15.0 Å². The van der Waals surface area contributed by atoms with Crippen LogP contribution in [0.5, 0.6) is 5.75 Å². The van der Waals surface area contributed by atoms with Crippen LogP contribution in [0.1, 0.15) is 19.4 Å². The van der Waals surface area contributed by atoms with Gasteiger partial charge in [0.15, 0.2) is 0 Å². The number of carbonyl (C=O) groups excluding carboxylic acids is 2. The second-order valence-electron chi connectivity index (χ2n) is 6.22. The van der Waals surface area contributed by atoms with Crippen LogP contribution in [0.4, 0.5) is 5.69 Å². The van der Waals surface area contributed by atoms with Crippen molar-refractivity contribution >= 4 is 23.6 Å². The third-order valence-electron chi connectivity index (χ3n) is 3.70. The number of hydrogen-bond donors (Lipinski definition) is 1. The van der Waals surface area contributed by atoms with E-state index in [1.54, 1.807) is 18.2 Å². The van der Waals surface area contributed by atoms with E-state index in [1.165, 1.54) is 5.01 Å². The minimum atomic E-state index is -0.424. The van der Waals surface area contributed by atoms with E-state index in [1.807, 2.05) is 42.5 Å². The third-order valence-corrected chi connectivity index (χ3v) is 3.70. The standard InChI is InChI=1S/C20H20N2O3/c1-14(2)13-25-18-11-7-6-8-15(18)12-17-19(23)21-22(20(17)24)16-9-4-3-5-10-16/h3-12,14H,13H2,1-2H3,(H,21,23)/b17-12-. The van der Waals surface area contributed by atoms with E-state index in [9.17, 15) is 9.59 Å². The van der Waals surface area contributed by atoms with Crippen molar-refractivity contribution in [3.8, 4) is 5.75 Å². The summed E-state index contributed by atoms with van der Waals surface area (Å²) in [5.74, 6) is 0.232. The van der Waals surface area contributed by atoms with E-state index in [0.29, 0.717) is 29.5 Å². The maximum atomic E-state index is 12.6. The maximum Gasteiger partial charge on any atom is 0.282 e. The Bertz CT molecular complexity index is 813. The van der Waals surface area contributed by atoms with E-state index in [4.69, 9.17) is 4.74 Å². The topological polar surface area (TPSA) is 58.6 Å². The molecule has 3 rings (SSSR count). The molecule has 0 aromatic heterocycles. The summed E-state index contributed by atoms with van der Waals surface area (Å²) in [6, 6.07) is 16.4. The van der Waals surface area contributed by atoms with Crippen molar-refractivity contribution in [2.75, 3.05) is 11.6 Å². The van der Waals surface area contributed by atoms with Crippen molar-refractivity contribution in [1.82, 2.24) is 5.43 Å². The molecule has 2 amide bonds. The van der Waals surface area contributed by atoms with Gasteiger partial charge in [0.05, 0.1) is 12.3 Å². The van der Waals surface area contributed by atoms with Crippen molar-refractivity contribution in [2.24, 2.45) is 5.92 Å².